The minimum atomic E-state index is -0.873. The molecule has 0 aliphatic carbocycles. The summed E-state index contributed by atoms with van der Waals surface area (Å²) in [4.78, 5) is 0. The van der Waals surface area contributed by atoms with Crippen LogP contribution in [0, 0.1) is 18.6 Å². The van der Waals surface area contributed by atoms with Gasteiger partial charge in [0.2, 0.25) is 0 Å². The van der Waals surface area contributed by atoms with Gasteiger partial charge in [0.05, 0.1) is 0 Å². The van der Waals surface area contributed by atoms with Gasteiger partial charge in [-0.1, -0.05) is 29.8 Å². The van der Waals surface area contributed by atoms with Crippen molar-refractivity contribution in [1.82, 2.24) is 0 Å². The van der Waals surface area contributed by atoms with E-state index in [4.69, 9.17) is 10.5 Å². The number of aryl methyl sites for hydroxylation is 1. The first-order valence-corrected chi connectivity index (χ1v) is 6.41. The average molecular weight is 277 g/mol. The zero-order valence-electron chi connectivity index (χ0n) is 11.5. The summed E-state index contributed by atoms with van der Waals surface area (Å²) in [7, 11) is 0. The van der Waals surface area contributed by atoms with Gasteiger partial charge in [-0.05, 0) is 26.0 Å². The van der Waals surface area contributed by atoms with Gasteiger partial charge in [-0.15, -0.1) is 0 Å². The van der Waals surface area contributed by atoms with Crippen molar-refractivity contribution >= 4 is 0 Å². The number of rotatable bonds is 4. The lowest BCUT2D eigenvalue weighted by Gasteiger charge is -2.15. The van der Waals surface area contributed by atoms with Crippen LogP contribution in [0.2, 0.25) is 0 Å². The minimum Gasteiger partial charge on any atom is -0.488 e. The van der Waals surface area contributed by atoms with Crippen molar-refractivity contribution in [1.29, 1.82) is 0 Å². The molecular weight excluding hydrogens is 260 g/mol. The summed E-state index contributed by atoms with van der Waals surface area (Å²) in [6, 6.07) is 9.47. The van der Waals surface area contributed by atoms with Crippen LogP contribution in [-0.4, -0.2) is 0 Å². The zero-order valence-corrected chi connectivity index (χ0v) is 11.5. The summed E-state index contributed by atoms with van der Waals surface area (Å²) in [6.45, 7) is 3.78. The number of halogens is 2. The van der Waals surface area contributed by atoms with Gasteiger partial charge < -0.3 is 10.5 Å². The van der Waals surface area contributed by atoms with E-state index in [-0.39, 0.29) is 18.2 Å². The van der Waals surface area contributed by atoms with Gasteiger partial charge in [-0.3, -0.25) is 0 Å². The maximum atomic E-state index is 13.5. The van der Waals surface area contributed by atoms with Crippen LogP contribution in [-0.2, 0) is 6.61 Å². The van der Waals surface area contributed by atoms with Crippen molar-refractivity contribution in [3.8, 4) is 5.75 Å². The Morgan fingerprint density at radius 1 is 1.20 bits per heavy atom. The molecule has 0 amide bonds. The fraction of sp³-hybridized carbons (Fsp3) is 0.250. The lowest BCUT2D eigenvalue weighted by atomic mass is 10.1. The van der Waals surface area contributed by atoms with E-state index in [9.17, 15) is 8.78 Å². The number of nitrogens with two attached hydrogens (primary N) is 1. The van der Waals surface area contributed by atoms with Crippen molar-refractivity contribution in [3.05, 3.63) is 64.7 Å². The molecule has 2 aromatic rings. The molecule has 0 aromatic heterocycles. The summed E-state index contributed by atoms with van der Waals surface area (Å²) < 4.78 is 32.3. The van der Waals surface area contributed by atoms with Gasteiger partial charge in [0.1, 0.15) is 12.4 Å². The Labute approximate surface area is 117 Å². The molecule has 0 fully saturated rings. The highest BCUT2D eigenvalue weighted by molar-refractivity contribution is 5.39. The molecule has 0 aliphatic heterocycles. The van der Waals surface area contributed by atoms with E-state index in [0.717, 1.165) is 17.2 Å². The smallest absolute Gasteiger partial charge is 0.165 e. The second-order valence-electron chi connectivity index (χ2n) is 4.83. The summed E-state index contributed by atoms with van der Waals surface area (Å²) in [5, 5.41) is 0. The van der Waals surface area contributed by atoms with Crippen molar-refractivity contribution in [2.24, 2.45) is 5.73 Å². The predicted molar refractivity (Wildman–Crippen MR) is 74.5 cm³/mol. The number of benzene rings is 2. The molecule has 0 saturated carbocycles. The third-order valence-corrected chi connectivity index (χ3v) is 3.07. The fourth-order valence-corrected chi connectivity index (χ4v) is 1.97. The number of hydrogen-bond donors (Lipinski definition) is 1. The average Bonchev–Trinajstić information content (AvgIpc) is 2.41. The van der Waals surface area contributed by atoms with E-state index in [1.54, 1.807) is 6.07 Å². The normalized spacial score (nSPS) is 12.2. The Kier molecular flexibility index (Phi) is 4.35. The van der Waals surface area contributed by atoms with E-state index in [2.05, 4.69) is 0 Å². The van der Waals surface area contributed by atoms with E-state index < -0.39 is 11.6 Å². The lowest BCUT2D eigenvalue weighted by Crippen LogP contribution is -2.09. The van der Waals surface area contributed by atoms with Crippen molar-refractivity contribution < 1.29 is 13.5 Å². The Hall–Kier alpha value is -1.94. The van der Waals surface area contributed by atoms with Crippen LogP contribution in [0.15, 0.2) is 36.4 Å². The molecular formula is C16H17F2NO. The molecule has 20 heavy (non-hydrogen) atoms. The topological polar surface area (TPSA) is 35.2 Å². The van der Waals surface area contributed by atoms with Gasteiger partial charge in [0.25, 0.3) is 0 Å². The molecule has 0 spiro atoms. The monoisotopic (exact) mass is 277 g/mol. The predicted octanol–water partition coefficient (Wildman–Crippen LogP) is 3.87. The minimum absolute atomic E-state index is 0.0353. The molecule has 1 unspecified atom stereocenters. The first-order valence-electron chi connectivity index (χ1n) is 6.41. The Bertz CT molecular complexity index is 611. The summed E-state index contributed by atoms with van der Waals surface area (Å²) in [5.74, 6) is -1.15. The molecule has 2 N–H and O–H groups in total. The molecule has 0 aliphatic rings. The molecule has 0 saturated heterocycles. The van der Waals surface area contributed by atoms with Crippen LogP contribution in [0.25, 0.3) is 0 Å². The van der Waals surface area contributed by atoms with E-state index >= 15 is 0 Å². The Balaban J connectivity index is 2.21. The van der Waals surface area contributed by atoms with E-state index in [0.29, 0.717) is 5.75 Å². The second-order valence-corrected chi connectivity index (χ2v) is 4.83. The van der Waals surface area contributed by atoms with Crippen LogP contribution in [0.4, 0.5) is 8.78 Å². The molecule has 2 nitrogen and oxygen atoms in total. The molecule has 0 radical (unpaired) electrons. The van der Waals surface area contributed by atoms with Crippen molar-refractivity contribution in [3.63, 3.8) is 0 Å². The quantitative estimate of drug-likeness (QED) is 0.920. The summed E-state index contributed by atoms with van der Waals surface area (Å²) in [6.07, 6.45) is 0. The molecule has 0 heterocycles. The van der Waals surface area contributed by atoms with Gasteiger partial charge in [0, 0.05) is 17.2 Å². The molecule has 106 valence electrons. The highest BCUT2D eigenvalue weighted by Gasteiger charge is 2.11. The summed E-state index contributed by atoms with van der Waals surface area (Å²) >= 11 is 0. The van der Waals surface area contributed by atoms with Gasteiger partial charge in [-0.25, -0.2) is 8.78 Å². The molecule has 1 atom stereocenters. The molecule has 2 rings (SSSR count). The maximum Gasteiger partial charge on any atom is 0.165 e. The van der Waals surface area contributed by atoms with Crippen molar-refractivity contribution in [2.45, 2.75) is 26.5 Å². The van der Waals surface area contributed by atoms with Crippen LogP contribution >= 0.6 is 0 Å². The summed E-state index contributed by atoms with van der Waals surface area (Å²) in [5.41, 5.74) is 7.99. The largest absolute Gasteiger partial charge is 0.488 e. The fourth-order valence-electron chi connectivity index (χ4n) is 1.97. The number of hydrogen-bond acceptors (Lipinski definition) is 2. The first-order chi connectivity index (χ1) is 9.49. The van der Waals surface area contributed by atoms with Gasteiger partial charge >= 0.3 is 0 Å². The van der Waals surface area contributed by atoms with Gasteiger partial charge in [-0.2, -0.15) is 0 Å². The Morgan fingerprint density at radius 2 is 1.95 bits per heavy atom. The number of ether oxygens (including phenoxy) is 1. The van der Waals surface area contributed by atoms with Gasteiger partial charge in [0.15, 0.2) is 11.6 Å². The van der Waals surface area contributed by atoms with Crippen LogP contribution in [0.3, 0.4) is 0 Å². The van der Waals surface area contributed by atoms with Crippen LogP contribution in [0.1, 0.15) is 29.7 Å². The molecule has 0 bridgehead atoms. The van der Waals surface area contributed by atoms with E-state index in [1.165, 1.54) is 12.1 Å². The third-order valence-electron chi connectivity index (χ3n) is 3.07. The third kappa shape index (κ3) is 3.14. The zero-order chi connectivity index (χ0) is 14.7. The van der Waals surface area contributed by atoms with Crippen LogP contribution < -0.4 is 10.5 Å². The van der Waals surface area contributed by atoms with E-state index in [1.807, 2.05) is 26.0 Å². The standard InChI is InChI=1S/C16H17F2NO/c1-10-6-7-15(13(8-10)11(2)19)20-9-12-4-3-5-14(17)16(12)18/h3-8,11H,9,19H2,1-2H3. The highest BCUT2D eigenvalue weighted by Crippen LogP contribution is 2.26. The maximum absolute atomic E-state index is 13.5. The lowest BCUT2D eigenvalue weighted by molar-refractivity contribution is 0.293. The molecule has 2 aromatic carbocycles. The molecule has 4 heteroatoms. The Morgan fingerprint density at radius 3 is 2.65 bits per heavy atom. The second kappa shape index (κ2) is 6.01. The SMILES string of the molecule is Cc1ccc(OCc2cccc(F)c2F)c(C(C)N)c1. The highest BCUT2D eigenvalue weighted by atomic mass is 19.2. The van der Waals surface area contributed by atoms with Crippen molar-refractivity contribution in [2.75, 3.05) is 0 Å². The van der Waals surface area contributed by atoms with Crippen LogP contribution in [0.5, 0.6) is 5.75 Å². The first kappa shape index (κ1) is 14.5.